The van der Waals surface area contributed by atoms with Gasteiger partial charge in [0.2, 0.25) is 0 Å². The highest BCUT2D eigenvalue weighted by atomic mass is 16.5. The Hall–Kier alpha value is -1.13. The van der Waals surface area contributed by atoms with Gasteiger partial charge < -0.3 is 14.5 Å². The fourth-order valence-corrected chi connectivity index (χ4v) is 2.50. The average molecular weight is 307 g/mol. The van der Waals surface area contributed by atoms with E-state index in [0.717, 1.165) is 39.3 Å². The van der Waals surface area contributed by atoms with Gasteiger partial charge in [-0.15, -0.1) is 0 Å². The van der Waals surface area contributed by atoms with Crippen LogP contribution in [0.15, 0.2) is 12.1 Å². The van der Waals surface area contributed by atoms with Gasteiger partial charge in [-0.25, -0.2) is 0 Å². The van der Waals surface area contributed by atoms with Crippen LogP contribution in [-0.2, 0) is 11.3 Å². The third-order valence-corrected chi connectivity index (χ3v) is 3.91. The van der Waals surface area contributed by atoms with E-state index in [0.29, 0.717) is 5.92 Å². The largest absolute Gasteiger partial charge is 0.378 e. The first kappa shape index (κ1) is 18.9. The summed E-state index contributed by atoms with van der Waals surface area (Å²) in [6, 6.07) is 4.44. The smallest absolute Gasteiger partial charge is 0.0780 e. The Bertz CT molecular complexity index is 428. The highest BCUT2D eigenvalue weighted by Crippen LogP contribution is 2.25. The first-order valence-electron chi connectivity index (χ1n) is 8.59. The van der Waals surface area contributed by atoms with E-state index in [1.54, 1.807) is 0 Å². The molecule has 1 atom stereocenters. The lowest BCUT2D eigenvalue weighted by Gasteiger charge is -2.31. The van der Waals surface area contributed by atoms with Gasteiger partial charge in [0.1, 0.15) is 0 Å². The molecule has 0 aromatic carbocycles. The van der Waals surface area contributed by atoms with Crippen molar-refractivity contribution in [2.45, 2.75) is 46.6 Å². The lowest BCUT2D eigenvalue weighted by atomic mass is 10.0. The molecule has 0 saturated carbocycles. The highest BCUT2D eigenvalue weighted by molar-refractivity contribution is 5.51. The number of morpholine rings is 1. The maximum Gasteiger partial charge on any atom is 0.0780 e. The van der Waals surface area contributed by atoms with Crippen molar-refractivity contribution in [1.82, 2.24) is 9.88 Å². The fourth-order valence-electron chi connectivity index (χ4n) is 2.50. The predicted molar refractivity (Wildman–Crippen MR) is 94.7 cm³/mol. The molecule has 126 valence electrons. The van der Waals surface area contributed by atoms with Crippen LogP contribution in [0.4, 0.5) is 5.69 Å². The van der Waals surface area contributed by atoms with Crippen molar-refractivity contribution in [2.24, 2.45) is 0 Å². The number of ether oxygens (including phenoxy) is 1. The summed E-state index contributed by atoms with van der Waals surface area (Å²) in [7, 11) is 4.20. The van der Waals surface area contributed by atoms with E-state index in [1.165, 1.54) is 17.1 Å². The topological polar surface area (TPSA) is 28.6 Å². The minimum Gasteiger partial charge on any atom is -0.378 e. The molecule has 0 bridgehead atoms. The summed E-state index contributed by atoms with van der Waals surface area (Å²) in [6.07, 6.45) is 1.13. The zero-order valence-corrected chi connectivity index (χ0v) is 15.2. The van der Waals surface area contributed by atoms with Crippen molar-refractivity contribution in [2.75, 3.05) is 45.3 Å². The van der Waals surface area contributed by atoms with Crippen LogP contribution < -0.4 is 4.90 Å². The van der Waals surface area contributed by atoms with Crippen LogP contribution >= 0.6 is 0 Å². The summed E-state index contributed by atoms with van der Waals surface area (Å²) in [6.45, 7) is 12.9. The van der Waals surface area contributed by atoms with Crippen LogP contribution in [-0.4, -0.2) is 50.3 Å². The lowest BCUT2D eigenvalue weighted by Crippen LogP contribution is -2.37. The highest BCUT2D eigenvalue weighted by Gasteiger charge is 2.17. The predicted octanol–water partition coefficient (Wildman–Crippen LogP) is 3.52. The van der Waals surface area contributed by atoms with Crippen molar-refractivity contribution in [3.05, 3.63) is 23.5 Å². The number of hydrogen-bond acceptors (Lipinski definition) is 4. The molecule has 0 amide bonds. The van der Waals surface area contributed by atoms with Gasteiger partial charge in [-0.1, -0.05) is 27.7 Å². The Labute approximate surface area is 136 Å². The number of rotatable bonds is 5. The number of pyridine rings is 1. The first-order chi connectivity index (χ1) is 10.6. The molecule has 1 fully saturated rings. The molecule has 1 unspecified atom stereocenters. The first-order valence-corrected chi connectivity index (χ1v) is 8.59. The minimum absolute atomic E-state index is 0.523. The molecular formula is C18H33N3O. The second-order valence-electron chi connectivity index (χ2n) is 5.85. The number of aromatic nitrogens is 1. The van der Waals surface area contributed by atoms with E-state index >= 15 is 0 Å². The van der Waals surface area contributed by atoms with Gasteiger partial charge in [-0.05, 0) is 38.6 Å². The van der Waals surface area contributed by atoms with Crippen molar-refractivity contribution < 1.29 is 4.74 Å². The molecule has 1 aliphatic rings. The van der Waals surface area contributed by atoms with Gasteiger partial charge in [0.05, 0.1) is 24.6 Å². The summed E-state index contributed by atoms with van der Waals surface area (Å²) in [5.74, 6) is 0.523. The van der Waals surface area contributed by atoms with Crippen molar-refractivity contribution in [3.63, 3.8) is 0 Å². The van der Waals surface area contributed by atoms with E-state index in [1.807, 2.05) is 13.8 Å². The summed E-state index contributed by atoms with van der Waals surface area (Å²) in [5.41, 5.74) is 3.67. The number of hydrogen-bond donors (Lipinski definition) is 0. The molecule has 0 radical (unpaired) electrons. The molecule has 1 aliphatic heterocycles. The second kappa shape index (κ2) is 9.80. The van der Waals surface area contributed by atoms with Crippen LogP contribution in [0.5, 0.6) is 0 Å². The monoisotopic (exact) mass is 307 g/mol. The second-order valence-corrected chi connectivity index (χ2v) is 5.85. The molecular weight excluding hydrogens is 274 g/mol. The molecule has 1 aromatic heterocycles. The average Bonchev–Trinajstić information content (AvgIpc) is 2.56. The van der Waals surface area contributed by atoms with Crippen LogP contribution in [0.25, 0.3) is 0 Å². The van der Waals surface area contributed by atoms with Gasteiger partial charge >= 0.3 is 0 Å². The van der Waals surface area contributed by atoms with Crippen LogP contribution in [0, 0.1) is 0 Å². The van der Waals surface area contributed by atoms with Gasteiger partial charge in [-0.3, -0.25) is 4.98 Å². The van der Waals surface area contributed by atoms with Crippen LogP contribution in [0.3, 0.4) is 0 Å². The van der Waals surface area contributed by atoms with Crippen molar-refractivity contribution in [1.29, 1.82) is 0 Å². The SMILES string of the molecule is CC.CCC(C)c1ccc(N2CCOCC2)c(CN(C)C)n1. The molecule has 1 saturated heterocycles. The summed E-state index contributed by atoms with van der Waals surface area (Å²) >= 11 is 0. The van der Waals surface area contributed by atoms with Crippen LogP contribution in [0.1, 0.15) is 51.4 Å². The maximum atomic E-state index is 5.45. The normalized spacial score (nSPS) is 16.2. The van der Waals surface area contributed by atoms with E-state index in [2.05, 4.69) is 49.9 Å². The van der Waals surface area contributed by atoms with Crippen LogP contribution in [0.2, 0.25) is 0 Å². The maximum absolute atomic E-state index is 5.45. The molecule has 2 rings (SSSR count). The zero-order chi connectivity index (χ0) is 16.5. The Morgan fingerprint density at radius 2 is 1.86 bits per heavy atom. The zero-order valence-electron chi connectivity index (χ0n) is 15.2. The molecule has 4 heteroatoms. The number of anilines is 1. The van der Waals surface area contributed by atoms with Gasteiger partial charge in [0.15, 0.2) is 0 Å². The van der Waals surface area contributed by atoms with E-state index < -0.39 is 0 Å². The third kappa shape index (κ3) is 5.25. The lowest BCUT2D eigenvalue weighted by molar-refractivity contribution is 0.122. The quantitative estimate of drug-likeness (QED) is 0.832. The molecule has 0 spiro atoms. The van der Waals surface area contributed by atoms with Gasteiger partial charge in [0, 0.05) is 25.3 Å². The fraction of sp³-hybridized carbons (Fsp3) is 0.722. The van der Waals surface area contributed by atoms with Crippen molar-refractivity contribution in [3.8, 4) is 0 Å². The molecule has 4 nitrogen and oxygen atoms in total. The Morgan fingerprint density at radius 3 is 2.41 bits per heavy atom. The van der Waals surface area contributed by atoms with Gasteiger partial charge in [0.25, 0.3) is 0 Å². The van der Waals surface area contributed by atoms with Gasteiger partial charge in [-0.2, -0.15) is 0 Å². The molecule has 0 N–H and O–H groups in total. The van der Waals surface area contributed by atoms with E-state index in [4.69, 9.17) is 9.72 Å². The third-order valence-electron chi connectivity index (χ3n) is 3.91. The summed E-state index contributed by atoms with van der Waals surface area (Å²) in [5, 5.41) is 0. The Kier molecular flexibility index (Phi) is 8.43. The molecule has 22 heavy (non-hydrogen) atoms. The standard InChI is InChI=1S/C16H27N3O.C2H6/c1-5-13(2)14-6-7-16(15(17-14)12-18(3)4)19-8-10-20-11-9-19;1-2/h6-7,13H,5,8-12H2,1-4H3;1-2H3. The summed E-state index contributed by atoms with van der Waals surface area (Å²) in [4.78, 5) is 9.52. The minimum atomic E-state index is 0.523. The van der Waals surface area contributed by atoms with Crippen molar-refractivity contribution >= 4 is 5.69 Å². The number of nitrogens with zero attached hydrogens (tertiary/aromatic N) is 3. The Balaban J connectivity index is 0.00000116. The molecule has 1 aromatic rings. The molecule has 0 aliphatic carbocycles. The Morgan fingerprint density at radius 1 is 1.23 bits per heavy atom. The van der Waals surface area contributed by atoms with E-state index in [-0.39, 0.29) is 0 Å². The van der Waals surface area contributed by atoms with E-state index in [9.17, 15) is 0 Å². The summed E-state index contributed by atoms with van der Waals surface area (Å²) < 4.78 is 5.45. The molecule has 2 heterocycles.